The fraction of sp³-hybridized carbons (Fsp3) is 0.316. The van der Waals surface area contributed by atoms with E-state index in [9.17, 15) is 9.59 Å². The Kier molecular flexibility index (Phi) is 6.96. The van der Waals surface area contributed by atoms with Crippen LogP contribution in [0, 0.1) is 0 Å². The molecule has 0 aliphatic carbocycles. The van der Waals surface area contributed by atoms with Crippen LogP contribution in [0.5, 0.6) is 0 Å². The Morgan fingerprint density at radius 3 is 2.54 bits per heavy atom. The molecule has 136 valence electrons. The topological polar surface area (TPSA) is 96.3 Å². The van der Waals surface area contributed by atoms with Crippen LogP contribution in [-0.4, -0.2) is 27.5 Å². The van der Waals surface area contributed by atoms with Gasteiger partial charge in [-0.2, -0.15) is 5.10 Å². The zero-order valence-corrected chi connectivity index (χ0v) is 15.2. The van der Waals surface area contributed by atoms with Gasteiger partial charge in [0.1, 0.15) is 5.69 Å². The zero-order chi connectivity index (χ0) is 18.9. The van der Waals surface area contributed by atoms with Gasteiger partial charge >= 0.3 is 0 Å². The van der Waals surface area contributed by atoms with Crippen molar-refractivity contribution in [3.63, 3.8) is 0 Å². The number of hydrogen-bond donors (Lipinski definition) is 2. The Labute approximate surface area is 153 Å². The van der Waals surface area contributed by atoms with E-state index in [0.717, 1.165) is 12.1 Å². The van der Waals surface area contributed by atoms with Crippen molar-refractivity contribution in [3.8, 4) is 0 Å². The Hall–Kier alpha value is -3.09. The van der Waals surface area contributed by atoms with E-state index in [-0.39, 0.29) is 18.0 Å². The number of benzene rings is 1. The maximum atomic E-state index is 12.1. The molecule has 2 N–H and O–H groups in total. The van der Waals surface area contributed by atoms with Gasteiger partial charge in [0, 0.05) is 23.8 Å². The van der Waals surface area contributed by atoms with Crippen LogP contribution >= 0.6 is 0 Å². The van der Waals surface area contributed by atoms with Crippen LogP contribution in [-0.2, 0) is 4.79 Å². The molecule has 2 amide bonds. The van der Waals surface area contributed by atoms with Crippen LogP contribution < -0.4 is 10.7 Å². The van der Waals surface area contributed by atoms with Crippen molar-refractivity contribution < 1.29 is 9.59 Å². The predicted molar refractivity (Wildman–Crippen MR) is 101 cm³/mol. The van der Waals surface area contributed by atoms with E-state index >= 15 is 0 Å². The van der Waals surface area contributed by atoms with Gasteiger partial charge in [-0.3, -0.25) is 14.6 Å². The third kappa shape index (κ3) is 5.77. The SMILES string of the molecule is CCC(C)c1ccc(NC(=O)CC(C)=NNC(=O)c2cnccn2)cc1. The van der Waals surface area contributed by atoms with Crippen molar-refractivity contribution in [2.45, 2.75) is 39.5 Å². The number of hydrazone groups is 1. The number of rotatable bonds is 7. The minimum absolute atomic E-state index is 0.0772. The van der Waals surface area contributed by atoms with Gasteiger partial charge in [0.15, 0.2) is 0 Å². The van der Waals surface area contributed by atoms with E-state index in [1.807, 2.05) is 24.3 Å². The summed E-state index contributed by atoms with van der Waals surface area (Å²) in [4.78, 5) is 31.6. The van der Waals surface area contributed by atoms with Gasteiger partial charge in [-0.25, -0.2) is 10.4 Å². The largest absolute Gasteiger partial charge is 0.326 e. The number of amides is 2. The van der Waals surface area contributed by atoms with Gasteiger partial charge in [-0.1, -0.05) is 26.0 Å². The van der Waals surface area contributed by atoms with E-state index in [1.54, 1.807) is 6.92 Å². The van der Waals surface area contributed by atoms with Gasteiger partial charge in [0.25, 0.3) is 5.91 Å². The Bertz CT molecular complexity index is 772. The molecule has 0 saturated carbocycles. The molecule has 2 aromatic rings. The first kappa shape index (κ1) is 19.2. The van der Waals surface area contributed by atoms with Crippen molar-refractivity contribution >= 4 is 23.2 Å². The first-order valence-electron chi connectivity index (χ1n) is 8.49. The minimum atomic E-state index is -0.474. The lowest BCUT2D eigenvalue weighted by atomic mass is 9.99. The molecule has 26 heavy (non-hydrogen) atoms. The molecule has 0 fully saturated rings. The number of nitrogens with one attached hydrogen (secondary N) is 2. The molecule has 0 radical (unpaired) electrons. The second-order valence-electron chi connectivity index (χ2n) is 6.03. The highest BCUT2D eigenvalue weighted by Crippen LogP contribution is 2.20. The summed E-state index contributed by atoms with van der Waals surface area (Å²) in [6.45, 7) is 5.98. The van der Waals surface area contributed by atoms with Gasteiger partial charge in [0.05, 0.1) is 12.6 Å². The lowest BCUT2D eigenvalue weighted by molar-refractivity contribution is -0.115. The molecule has 1 heterocycles. The summed E-state index contributed by atoms with van der Waals surface area (Å²) in [6, 6.07) is 7.82. The first-order chi connectivity index (χ1) is 12.5. The zero-order valence-electron chi connectivity index (χ0n) is 15.2. The Morgan fingerprint density at radius 2 is 1.92 bits per heavy atom. The van der Waals surface area contributed by atoms with E-state index < -0.39 is 5.91 Å². The second kappa shape index (κ2) is 9.41. The van der Waals surface area contributed by atoms with E-state index in [2.05, 4.69) is 39.7 Å². The van der Waals surface area contributed by atoms with E-state index in [0.29, 0.717) is 11.6 Å². The molecule has 1 atom stereocenters. The van der Waals surface area contributed by atoms with Crippen LogP contribution in [0.25, 0.3) is 0 Å². The van der Waals surface area contributed by atoms with Crippen molar-refractivity contribution in [1.29, 1.82) is 0 Å². The highest BCUT2D eigenvalue weighted by molar-refractivity contribution is 6.06. The number of anilines is 1. The van der Waals surface area contributed by atoms with E-state index in [4.69, 9.17) is 0 Å². The van der Waals surface area contributed by atoms with Crippen LogP contribution in [0.2, 0.25) is 0 Å². The summed E-state index contributed by atoms with van der Waals surface area (Å²) in [7, 11) is 0. The molecule has 0 saturated heterocycles. The molecule has 0 aliphatic heterocycles. The van der Waals surface area contributed by atoms with Crippen LogP contribution in [0.4, 0.5) is 5.69 Å². The summed E-state index contributed by atoms with van der Waals surface area (Å²) in [5.74, 6) is -0.179. The number of aromatic nitrogens is 2. The summed E-state index contributed by atoms with van der Waals surface area (Å²) in [5, 5.41) is 6.74. The van der Waals surface area contributed by atoms with Gasteiger partial charge in [0.2, 0.25) is 5.91 Å². The molecule has 0 bridgehead atoms. The Morgan fingerprint density at radius 1 is 1.19 bits per heavy atom. The fourth-order valence-corrected chi connectivity index (χ4v) is 2.23. The van der Waals surface area contributed by atoms with Crippen molar-refractivity contribution in [2.24, 2.45) is 5.10 Å². The first-order valence-corrected chi connectivity index (χ1v) is 8.49. The average Bonchev–Trinajstić information content (AvgIpc) is 2.66. The maximum Gasteiger partial charge on any atom is 0.291 e. The molecule has 1 aromatic carbocycles. The fourth-order valence-electron chi connectivity index (χ4n) is 2.23. The quantitative estimate of drug-likeness (QED) is 0.590. The highest BCUT2D eigenvalue weighted by atomic mass is 16.2. The number of carbonyl (C=O) groups excluding carboxylic acids is 2. The van der Waals surface area contributed by atoms with Gasteiger partial charge < -0.3 is 5.32 Å². The summed E-state index contributed by atoms with van der Waals surface area (Å²) in [5.41, 5.74) is 4.99. The number of nitrogens with zero attached hydrogens (tertiary/aromatic N) is 3. The third-order valence-electron chi connectivity index (χ3n) is 3.94. The average molecular weight is 353 g/mol. The molecule has 0 spiro atoms. The molecule has 0 aliphatic rings. The van der Waals surface area contributed by atoms with Crippen LogP contribution in [0.1, 0.15) is 55.6 Å². The maximum absolute atomic E-state index is 12.1. The summed E-state index contributed by atoms with van der Waals surface area (Å²) in [6.07, 6.45) is 5.39. The van der Waals surface area contributed by atoms with Crippen LogP contribution in [0.3, 0.4) is 0 Å². The van der Waals surface area contributed by atoms with Crippen molar-refractivity contribution in [2.75, 3.05) is 5.32 Å². The molecular weight excluding hydrogens is 330 g/mol. The third-order valence-corrected chi connectivity index (χ3v) is 3.94. The standard InChI is InChI=1S/C19H23N5O2/c1-4-13(2)15-5-7-16(8-6-15)22-18(25)11-14(3)23-24-19(26)17-12-20-9-10-21-17/h5-10,12-13H,4,11H2,1-3H3,(H,22,25)(H,24,26). The summed E-state index contributed by atoms with van der Waals surface area (Å²) < 4.78 is 0. The molecule has 7 heteroatoms. The molecule has 7 nitrogen and oxygen atoms in total. The van der Waals surface area contributed by atoms with Crippen molar-refractivity contribution in [3.05, 3.63) is 54.1 Å². The summed E-state index contributed by atoms with van der Waals surface area (Å²) >= 11 is 0. The molecule has 1 unspecified atom stereocenters. The molecule has 2 rings (SSSR count). The number of carbonyl (C=O) groups is 2. The molecule has 1 aromatic heterocycles. The molecular formula is C19H23N5O2. The number of hydrogen-bond acceptors (Lipinski definition) is 5. The Balaban J connectivity index is 1.85. The normalized spacial score (nSPS) is 12.3. The minimum Gasteiger partial charge on any atom is -0.326 e. The monoisotopic (exact) mass is 353 g/mol. The highest BCUT2D eigenvalue weighted by Gasteiger charge is 2.08. The second-order valence-corrected chi connectivity index (χ2v) is 6.03. The van der Waals surface area contributed by atoms with Gasteiger partial charge in [-0.15, -0.1) is 0 Å². The van der Waals surface area contributed by atoms with E-state index in [1.165, 1.54) is 24.2 Å². The lowest BCUT2D eigenvalue weighted by Gasteiger charge is -2.10. The van der Waals surface area contributed by atoms with Crippen molar-refractivity contribution in [1.82, 2.24) is 15.4 Å². The lowest BCUT2D eigenvalue weighted by Crippen LogP contribution is -2.22. The van der Waals surface area contributed by atoms with Gasteiger partial charge in [-0.05, 0) is 37.0 Å². The smallest absolute Gasteiger partial charge is 0.291 e. The predicted octanol–water partition coefficient (Wildman–Crippen LogP) is 3.12. The van der Waals surface area contributed by atoms with Crippen LogP contribution in [0.15, 0.2) is 48.0 Å².